The summed E-state index contributed by atoms with van der Waals surface area (Å²) in [6, 6.07) is 17.8. The fourth-order valence-corrected chi connectivity index (χ4v) is 3.50. The van der Waals surface area contributed by atoms with E-state index in [0.29, 0.717) is 16.9 Å². The third-order valence-corrected chi connectivity index (χ3v) is 4.78. The van der Waals surface area contributed by atoms with Crippen LogP contribution in [-0.4, -0.2) is 22.7 Å². The molecule has 2 heterocycles. The number of carbonyl (C=O) groups excluding carboxylic acids is 3. The van der Waals surface area contributed by atoms with Crippen molar-refractivity contribution < 1.29 is 23.9 Å². The monoisotopic (exact) mass is 402 g/mol. The lowest BCUT2D eigenvalue weighted by atomic mass is 9.95. The smallest absolute Gasteiger partial charge is 0.294 e. The number of aliphatic hydroxyl groups is 1. The minimum Gasteiger partial charge on any atom is -0.503 e. The zero-order valence-electron chi connectivity index (χ0n) is 16.0. The molecule has 7 nitrogen and oxygen atoms in total. The molecule has 3 aromatic rings. The number of carbonyl (C=O) groups is 3. The van der Waals surface area contributed by atoms with Crippen molar-refractivity contribution in [1.29, 1.82) is 0 Å². The summed E-state index contributed by atoms with van der Waals surface area (Å²) in [5.74, 6) is -2.04. The molecule has 150 valence electrons. The standard InChI is InChI=1S/C23H18N2O5/c1-14(26)24-16-9-11-17(12-10-16)25-20(15-6-3-2-4-7-15)19(22(28)23(25)29)21(27)18-8-5-13-30-18/h2-13,20,28H,1H3,(H,24,26). The van der Waals surface area contributed by atoms with Gasteiger partial charge in [0.2, 0.25) is 11.7 Å². The quantitative estimate of drug-likeness (QED) is 0.628. The van der Waals surface area contributed by atoms with Crippen LogP contribution in [0.15, 0.2) is 88.7 Å². The maximum atomic E-state index is 13.1. The fraction of sp³-hybridized carbons (Fsp3) is 0.0870. The maximum Gasteiger partial charge on any atom is 0.294 e. The highest BCUT2D eigenvalue weighted by Crippen LogP contribution is 2.42. The lowest BCUT2D eigenvalue weighted by molar-refractivity contribution is -0.117. The van der Waals surface area contributed by atoms with Crippen LogP contribution in [0.4, 0.5) is 11.4 Å². The number of hydrogen-bond acceptors (Lipinski definition) is 5. The molecule has 0 spiro atoms. The lowest BCUT2D eigenvalue weighted by Gasteiger charge is -2.27. The van der Waals surface area contributed by atoms with Crippen LogP contribution < -0.4 is 10.2 Å². The SMILES string of the molecule is CC(=O)Nc1ccc(N2C(=O)C(O)=C(C(=O)c3ccco3)C2c2ccccc2)cc1. The Kier molecular flexibility index (Phi) is 4.93. The number of furan rings is 1. The first kappa shape index (κ1) is 19.2. The molecule has 7 heteroatoms. The van der Waals surface area contributed by atoms with E-state index in [-0.39, 0.29) is 17.2 Å². The summed E-state index contributed by atoms with van der Waals surface area (Å²) in [5.41, 5.74) is 1.65. The van der Waals surface area contributed by atoms with Crippen molar-refractivity contribution >= 4 is 29.0 Å². The third kappa shape index (κ3) is 3.37. The van der Waals surface area contributed by atoms with E-state index >= 15 is 0 Å². The Morgan fingerprint density at radius 3 is 2.30 bits per heavy atom. The second-order valence-corrected chi connectivity index (χ2v) is 6.79. The van der Waals surface area contributed by atoms with E-state index in [9.17, 15) is 19.5 Å². The van der Waals surface area contributed by atoms with E-state index in [1.54, 1.807) is 54.6 Å². The topological polar surface area (TPSA) is 99.9 Å². The van der Waals surface area contributed by atoms with Gasteiger partial charge in [-0.1, -0.05) is 30.3 Å². The molecule has 0 aliphatic carbocycles. The van der Waals surface area contributed by atoms with Gasteiger partial charge in [0.05, 0.1) is 17.9 Å². The predicted molar refractivity (Wildman–Crippen MR) is 110 cm³/mol. The number of aliphatic hydroxyl groups excluding tert-OH is 1. The van der Waals surface area contributed by atoms with Gasteiger partial charge in [-0.3, -0.25) is 19.3 Å². The Balaban J connectivity index is 1.80. The molecular formula is C23H18N2O5. The maximum absolute atomic E-state index is 13.1. The summed E-state index contributed by atoms with van der Waals surface area (Å²) in [6.07, 6.45) is 1.36. The average Bonchev–Trinajstić information content (AvgIpc) is 3.36. The highest BCUT2D eigenvalue weighted by atomic mass is 16.3. The van der Waals surface area contributed by atoms with Crippen LogP contribution in [0.5, 0.6) is 0 Å². The van der Waals surface area contributed by atoms with E-state index < -0.39 is 23.5 Å². The highest BCUT2D eigenvalue weighted by molar-refractivity contribution is 6.20. The first-order valence-corrected chi connectivity index (χ1v) is 9.25. The summed E-state index contributed by atoms with van der Waals surface area (Å²) in [5, 5.41) is 13.3. The zero-order chi connectivity index (χ0) is 21.3. The molecular weight excluding hydrogens is 384 g/mol. The summed E-state index contributed by atoms with van der Waals surface area (Å²) in [7, 11) is 0. The van der Waals surface area contributed by atoms with Gasteiger partial charge in [-0.2, -0.15) is 0 Å². The Morgan fingerprint density at radius 2 is 1.70 bits per heavy atom. The molecule has 1 aliphatic rings. The number of nitrogens with one attached hydrogen (secondary N) is 1. The molecule has 2 aromatic carbocycles. The first-order valence-electron chi connectivity index (χ1n) is 9.25. The van der Waals surface area contributed by atoms with Crippen molar-refractivity contribution in [3.63, 3.8) is 0 Å². The zero-order valence-corrected chi connectivity index (χ0v) is 16.0. The molecule has 0 saturated heterocycles. The summed E-state index contributed by atoms with van der Waals surface area (Å²) in [6.45, 7) is 1.40. The molecule has 1 aliphatic heterocycles. The lowest BCUT2D eigenvalue weighted by Crippen LogP contribution is -2.31. The van der Waals surface area contributed by atoms with Crippen LogP contribution in [0.25, 0.3) is 0 Å². The van der Waals surface area contributed by atoms with Gasteiger partial charge < -0.3 is 14.8 Å². The Morgan fingerprint density at radius 1 is 1.00 bits per heavy atom. The molecule has 0 bridgehead atoms. The minimum atomic E-state index is -0.831. The van der Waals surface area contributed by atoms with Crippen LogP contribution in [-0.2, 0) is 9.59 Å². The summed E-state index contributed by atoms with van der Waals surface area (Å²) in [4.78, 5) is 38.7. The molecule has 1 aromatic heterocycles. The average molecular weight is 402 g/mol. The number of amides is 2. The molecule has 30 heavy (non-hydrogen) atoms. The van der Waals surface area contributed by atoms with Gasteiger partial charge in [0, 0.05) is 18.3 Å². The number of Topliss-reactive ketones (excluding diaryl/α,β-unsaturated/α-hetero) is 1. The van der Waals surface area contributed by atoms with Crippen molar-refractivity contribution in [3.8, 4) is 0 Å². The number of ketones is 1. The van der Waals surface area contributed by atoms with E-state index in [2.05, 4.69) is 5.32 Å². The molecule has 0 saturated carbocycles. The summed E-state index contributed by atoms with van der Waals surface area (Å²) < 4.78 is 5.20. The van der Waals surface area contributed by atoms with E-state index in [1.165, 1.54) is 24.2 Å². The molecule has 0 radical (unpaired) electrons. The predicted octanol–water partition coefficient (Wildman–Crippen LogP) is 4.02. The van der Waals surface area contributed by atoms with Crippen LogP contribution in [0.2, 0.25) is 0 Å². The first-order chi connectivity index (χ1) is 14.5. The molecule has 2 N–H and O–H groups in total. The number of hydrogen-bond donors (Lipinski definition) is 2. The fourth-order valence-electron chi connectivity index (χ4n) is 3.50. The Bertz CT molecular complexity index is 1130. The normalized spacial score (nSPS) is 16.1. The van der Waals surface area contributed by atoms with Crippen LogP contribution >= 0.6 is 0 Å². The largest absolute Gasteiger partial charge is 0.503 e. The van der Waals surface area contributed by atoms with E-state index in [4.69, 9.17) is 4.42 Å². The molecule has 0 fully saturated rings. The Labute approximate surface area is 172 Å². The van der Waals surface area contributed by atoms with Crippen molar-refractivity contribution in [2.75, 3.05) is 10.2 Å². The van der Waals surface area contributed by atoms with Crippen LogP contribution in [0, 0.1) is 0 Å². The highest BCUT2D eigenvalue weighted by Gasteiger charge is 2.45. The number of rotatable bonds is 5. The van der Waals surface area contributed by atoms with Crippen molar-refractivity contribution in [2.24, 2.45) is 0 Å². The molecule has 4 rings (SSSR count). The van der Waals surface area contributed by atoms with Gasteiger partial charge >= 0.3 is 0 Å². The molecule has 2 amide bonds. The van der Waals surface area contributed by atoms with E-state index in [0.717, 1.165) is 0 Å². The molecule has 1 unspecified atom stereocenters. The second-order valence-electron chi connectivity index (χ2n) is 6.79. The number of nitrogens with zero attached hydrogens (tertiary/aromatic N) is 1. The van der Waals surface area contributed by atoms with Crippen molar-refractivity contribution in [2.45, 2.75) is 13.0 Å². The van der Waals surface area contributed by atoms with Gasteiger partial charge in [0.1, 0.15) is 0 Å². The third-order valence-electron chi connectivity index (χ3n) is 4.78. The summed E-state index contributed by atoms with van der Waals surface area (Å²) >= 11 is 0. The van der Waals surface area contributed by atoms with Crippen LogP contribution in [0.1, 0.15) is 29.1 Å². The Hall–Kier alpha value is -4.13. The van der Waals surface area contributed by atoms with E-state index in [1.807, 2.05) is 6.07 Å². The van der Waals surface area contributed by atoms with Crippen molar-refractivity contribution in [3.05, 3.63) is 95.6 Å². The van der Waals surface area contributed by atoms with Crippen molar-refractivity contribution in [1.82, 2.24) is 0 Å². The molecule has 1 atom stereocenters. The van der Waals surface area contributed by atoms with Gasteiger partial charge in [0.25, 0.3) is 5.91 Å². The van der Waals surface area contributed by atoms with Crippen LogP contribution in [0.3, 0.4) is 0 Å². The van der Waals surface area contributed by atoms with Gasteiger partial charge in [-0.25, -0.2) is 0 Å². The number of anilines is 2. The van der Waals surface area contributed by atoms with Gasteiger partial charge in [-0.15, -0.1) is 0 Å². The minimum absolute atomic E-state index is 0.0353. The van der Waals surface area contributed by atoms with Gasteiger partial charge in [-0.05, 0) is 42.0 Å². The number of benzene rings is 2. The van der Waals surface area contributed by atoms with Gasteiger partial charge in [0.15, 0.2) is 11.5 Å². The second kappa shape index (κ2) is 7.71.